The number of Topliss-reactive ketones (excluding diaryl/α,β-unsaturated/α-hetero) is 1. The van der Waals surface area contributed by atoms with Gasteiger partial charge in [-0.05, 0) is 58.8 Å². The second kappa shape index (κ2) is 17.0. The molecule has 3 rings (SSSR count). The third kappa shape index (κ3) is 10.5. The van der Waals surface area contributed by atoms with Gasteiger partial charge in [-0.25, -0.2) is 4.79 Å². The molecule has 0 aromatic heterocycles. The minimum Gasteiger partial charge on any atom is -0.460 e. The van der Waals surface area contributed by atoms with Crippen LogP contribution in [0.1, 0.15) is 98.8 Å². The average molecular weight is 627 g/mol. The van der Waals surface area contributed by atoms with E-state index >= 15 is 0 Å². The molecule has 0 bridgehead atoms. The van der Waals surface area contributed by atoms with E-state index in [2.05, 4.69) is 32.2 Å². The Labute approximate surface area is 262 Å². The maximum absolute atomic E-state index is 13.2. The van der Waals surface area contributed by atoms with Gasteiger partial charge in [0.15, 0.2) is 0 Å². The lowest BCUT2D eigenvalue weighted by Crippen LogP contribution is -2.55. The number of unbranched alkanes of at least 4 members (excludes halogenated alkanes) is 4. The molecule has 1 aliphatic carbocycles. The number of epoxide rings is 2. The first-order valence-electron chi connectivity index (χ1n) is 16.4. The molecule has 3 unspecified atom stereocenters. The molecule has 1 spiro atoms. The number of methoxy groups -OCH3 is 1. The smallest absolute Gasteiger partial charge is 0.407 e. The molecule has 252 valence electrons. The molecule has 0 aromatic rings. The number of halogens is 1. The van der Waals surface area contributed by atoms with Gasteiger partial charge in [0.2, 0.25) is 0 Å². The molecule has 2 N–H and O–H groups in total. The van der Waals surface area contributed by atoms with E-state index in [4.69, 9.17) is 23.7 Å². The summed E-state index contributed by atoms with van der Waals surface area (Å²) >= 11 is 0. The number of carbonyl (C=O) groups is 3. The van der Waals surface area contributed by atoms with Crippen LogP contribution in [0, 0.1) is 17.8 Å². The lowest BCUT2D eigenvalue weighted by molar-refractivity contribution is -0.173. The molecule has 2 saturated heterocycles. The van der Waals surface area contributed by atoms with Crippen LogP contribution in [0.2, 0.25) is 0 Å². The van der Waals surface area contributed by atoms with Crippen LogP contribution in [0.4, 0.5) is 9.28 Å². The highest BCUT2D eigenvalue weighted by Crippen LogP contribution is 2.59. The van der Waals surface area contributed by atoms with E-state index in [0.717, 1.165) is 44.9 Å². The Bertz CT molecular complexity index is 983. The van der Waals surface area contributed by atoms with E-state index in [1.54, 1.807) is 7.11 Å². The maximum Gasteiger partial charge on any atom is 0.407 e. The number of rotatable bonds is 20. The fraction of sp³-hybridized carbons (Fsp3) is 0.848. The zero-order valence-corrected chi connectivity index (χ0v) is 27.6. The molecule has 0 radical (unpaired) electrons. The third-order valence-electron chi connectivity index (χ3n) is 9.49. The summed E-state index contributed by atoms with van der Waals surface area (Å²) < 4.78 is 41.7. The Morgan fingerprint density at radius 1 is 1.11 bits per heavy atom. The predicted octanol–water partition coefficient (Wildman–Crippen LogP) is 5.38. The second-order valence-corrected chi connectivity index (χ2v) is 13.5. The van der Waals surface area contributed by atoms with Crippen molar-refractivity contribution in [1.82, 2.24) is 10.9 Å². The van der Waals surface area contributed by atoms with Gasteiger partial charge in [0.25, 0.3) is 0 Å². The normalized spacial score (nSPS) is 29.6. The maximum atomic E-state index is 13.2. The monoisotopic (exact) mass is 626 g/mol. The van der Waals surface area contributed by atoms with Gasteiger partial charge in [-0.2, -0.15) is 5.54 Å². The van der Waals surface area contributed by atoms with Crippen LogP contribution in [0.3, 0.4) is 0 Å². The van der Waals surface area contributed by atoms with Crippen molar-refractivity contribution in [2.24, 2.45) is 17.8 Å². The van der Waals surface area contributed by atoms with Crippen molar-refractivity contribution >= 4 is 17.8 Å². The van der Waals surface area contributed by atoms with Crippen molar-refractivity contribution in [3.8, 4) is 0 Å². The van der Waals surface area contributed by atoms with Crippen molar-refractivity contribution in [2.45, 2.75) is 128 Å². The van der Waals surface area contributed by atoms with E-state index in [0.29, 0.717) is 26.0 Å². The van der Waals surface area contributed by atoms with Crippen LogP contribution in [-0.2, 0) is 33.3 Å². The van der Waals surface area contributed by atoms with Crippen LogP contribution >= 0.6 is 0 Å². The van der Waals surface area contributed by atoms with E-state index in [1.165, 1.54) is 11.1 Å². The minimum atomic E-state index is -0.502. The zero-order valence-electron chi connectivity index (χ0n) is 27.6. The molecular formula is C33H55FN2O8. The van der Waals surface area contributed by atoms with Gasteiger partial charge in [-0.15, -0.1) is 4.48 Å². The summed E-state index contributed by atoms with van der Waals surface area (Å²) in [4.78, 5) is 36.7. The van der Waals surface area contributed by atoms with Crippen molar-refractivity contribution < 1.29 is 42.5 Å². The second-order valence-electron chi connectivity index (χ2n) is 13.5. The summed E-state index contributed by atoms with van der Waals surface area (Å²) in [5.41, 5.74) is 1.95. The van der Waals surface area contributed by atoms with E-state index in [9.17, 15) is 18.9 Å². The van der Waals surface area contributed by atoms with E-state index in [1.807, 2.05) is 13.8 Å². The van der Waals surface area contributed by atoms with Crippen LogP contribution in [0.5, 0.6) is 0 Å². The fourth-order valence-electron chi connectivity index (χ4n) is 6.55. The van der Waals surface area contributed by atoms with Crippen LogP contribution in [0.25, 0.3) is 0 Å². The number of ketones is 1. The molecule has 2 heterocycles. The number of hydrogen-bond acceptors (Lipinski definition) is 9. The molecule has 44 heavy (non-hydrogen) atoms. The summed E-state index contributed by atoms with van der Waals surface area (Å²) in [5.74, 6) is -0.561. The van der Waals surface area contributed by atoms with E-state index < -0.39 is 17.8 Å². The molecule has 3 fully saturated rings. The first-order chi connectivity index (χ1) is 21.0. The fourth-order valence-corrected chi connectivity index (χ4v) is 6.55. The summed E-state index contributed by atoms with van der Waals surface area (Å²) in [6, 6.07) is 0. The van der Waals surface area contributed by atoms with Crippen molar-refractivity contribution in [1.29, 1.82) is 0 Å². The van der Waals surface area contributed by atoms with Gasteiger partial charge in [-0.1, -0.05) is 44.8 Å². The third-order valence-corrected chi connectivity index (χ3v) is 9.49. The molecule has 1 saturated carbocycles. The first-order valence-corrected chi connectivity index (χ1v) is 16.4. The number of allylic oxidation sites excluding steroid dienone is 1. The molecule has 11 heteroatoms. The Kier molecular flexibility index (Phi) is 14.1. The van der Waals surface area contributed by atoms with Gasteiger partial charge >= 0.3 is 12.1 Å². The van der Waals surface area contributed by atoms with Crippen molar-refractivity contribution in [2.75, 3.05) is 33.4 Å². The molecule has 2 aliphatic heterocycles. The molecule has 3 aliphatic rings. The topological polar surface area (TPSA) is 128 Å². The Balaban J connectivity index is 1.40. The Morgan fingerprint density at radius 3 is 2.45 bits per heavy atom. The van der Waals surface area contributed by atoms with Gasteiger partial charge in [-0.3, -0.25) is 9.59 Å². The van der Waals surface area contributed by atoms with E-state index in [-0.39, 0.29) is 66.9 Å². The highest BCUT2D eigenvalue weighted by atomic mass is 19.2. The average Bonchev–Trinajstić information content (AvgIpc) is 3.88. The summed E-state index contributed by atoms with van der Waals surface area (Å²) in [6.45, 7) is 11.3. The lowest BCUT2D eigenvalue weighted by atomic mass is 9.68. The number of nitrogens with one attached hydrogen (secondary N) is 2. The highest BCUT2D eigenvalue weighted by molar-refractivity contribution is 5.80. The number of alkyl carbamates (subject to hydrolysis) is 1. The minimum absolute atomic E-state index is 0.0378. The number of esters is 1. The van der Waals surface area contributed by atoms with Crippen LogP contribution in [-0.4, -0.2) is 80.8 Å². The highest BCUT2D eigenvalue weighted by Gasteiger charge is 2.72. The SMILES string of the molecule is COC1C(OC(=O)C[C@@H](COC(=O)NCCCCCCCC(=O)CNF)C(C)C)CC[C@]2(CO2)C1[C@]1(C)O[C@@H]1CC=C(C)C. The molecule has 1 amide bonds. The predicted molar refractivity (Wildman–Crippen MR) is 164 cm³/mol. The molecular weight excluding hydrogens is 571 g/mol. The standard InChI is InChI=1S/C33H55FN2O8/c1-22(2)13-14-27-32(5,44-27)30-29(40-6)26(15-16-33(30)21-42-33)43-28(38)18-24(23(3)4)20-41-31(39)35-17-11-9-7-8-10-12-25(37)19-36-34/h13,23-24,26-27,29-30,36H,7-12,14-21H2,1-6H3,(H,35,39)/t24-,26?,27+,29?,30?,32+,33-/m0/s1. The number of amides is 1. The Morgan fingerprint density at radius 2 is 1.82 bits per heavy atom. The molecule has 7 atom stereocenters. The van der Waals surface area contributed by atoms with Gasteiger partial charge in [0.05, 0.1) is 38.2 Å². The summed E-state index contributed by atoms with van der Waals surface area (Å²) in [6.07, 6.45) is 8.12. The van der Waals surface area contributed by atoms with Crippen LogP contribution < -0.4 is 10.9 Å². The largest absolute Gasteiger partial charge is 0.460 e. The van der Waals surface area contributed by atoms with Gasteiger partial charge in [0, 0.05) is 26.0 Å². The van der Waals surface area contributed by atoms with Crippen LogP contribution in [0.15, 0.2) is 11.6 Å². The van der Waals surface area contributed by atoms with Crippen molar-refractivity contribution in [3.63, 3.8) is 0 Å². The lowest BCUT2D eigenvalue weighted by Gasteiger charge is -2.42. The van der Waals surface area contributed by atoms with Gasteiger partial charge in [0.1, 0.15) is 29.2 Å². The molecule has 0 aromatic carbocycles. The Hall–Kier alpha value is -2.08. The van der Waals surface area contributed by atoms with Crippen molar-refractivity contribution in [3.05, 3.63) is 11.6 Å². The summed E-state index contributed by atoms with van der Waals surface area (Å²) in [7, 11) is 1.66. The quantitative estimate of drug-likeness (QED) is 0.0602. The van der Waals surface area contributed by atoms with Gasteiger partial charge < -0.3 is 29.0 Å². The number of hydrogen-bond donors (Lipinski definition) is 2. The number of ether oxygens (including phenoxy) is 5. The summed E-state index contributed by atoms with van der Waals surface area (Å²) in [5, 5.41) is 2.77. The zero-order chi connectivity index (χ0) is 32.3. The number of carbonyl (C=O) groups excluding carboxylic acids is 3. The first kappa shape index (κ1) is 36.4. The molecule has 10 nitrogen and oxygen atoms in total.